The number of amides is 2. The second-order valence-corrected chi connectivity index (χ2v) is 14.6. The number of aryl methyl sites for hydroxylation is 1. The van der Waals surface area contributed by atoms with Crippen molar-refractivity contribution in [2.45, 2.75) is 57.1 Å². The zero-order chi connectivity index (χ0) is 32.8. The van der Waals surface area contributed by atoms with Crippen molar-refractivity contribution >= 4 is 50.7 Å². The first kappa shape index (κ1) is 34.0. The second kappa shape index (κ2) is 14.5. The molecule has 7 nitrogen and oxygen atoms in total. The largest absolute Gasteiger partial charge is 0.350 e. The van der Waals surface area contributed by atoms with E-state index in [0.717, 1.165) is 15.4 Å². The van der Waals surface area contributed by atoms with E-state index in [1.165, 1.54) is 17.0 Å². The molecule has 0 aromatic heterocycles. The maximum atomic E-state index is 14.5. The average molecular weight is 667 g/mol. The van der Waals surface area contributed by atoms with Gasteiger partial charge in [0, 0.05) is 18.5 Å². The molecule has 0 aliphatic rings. The van der Waals surface area contributed by atoms with Crippen molar-refractivity contribution < 1.29 is 18.0 Å². The Morgan fingerprint density at radius 1 is 0.800 bits per heavy atom. The summed E-state index contributed by atoms with van der Waals surface area (Å²) in [5.74, 6) is -0.932. The molecule has 236 valence electrons. The minimum absolute atomic E-state index is 0.0160. The van der Waals surface area contributed by atoms with Crippen molar-refractivity contribution in [2.75, 3.05) is 10.8 Å². The zero-order valence-electron chi connectivity index (χ0n) is 25.7. The van der Waals surface area contributed by atoms with Crippen molar-refractivity contribution in [3.63, 3.8) is 0 Å². The maximum absolute atomic E-state index is 14.5. The highest BCUT2D eigenvalue weighted by Gasteiger charge is 2.35. The van der Waals surface area contributed by atoms with Crippen LogP contribution in [0, 0.1) is 6.92 Å². The van der Waals surface area contributed by atoms with Crippen LogP contribution in [0.3, 0.4) is 0 Å². The second-order valence-electron chi connectivity index (χ2n) is 11.9. The van der Waals surface area contributed by atoms with Gasteiger partial charge in [-0.3, -0.25) is 13.9 Å². The minimum Gasteiger partial charge on any atom is -0.350 e. The van der Waals surface area contributed by atoms with Crippen LogP contribution in [-0.2, 0) is 32.6 Å². The monoisotopic (exact) mass is 665 g/mol. The van der Waals surface area contributed by atoms with Crippen LogP contribution in [-0.4, -0.2) is 43.3 Å². The minimum atomic E-state index is -4.17. The van der Waals surface area contributed by atoms with Gasteiger partial charge in [-0.05, 0) is 75.2 Å². The summed E-state index contributed by atoms with van der Waals surface area (Å²) in [6.07, 6.45) is 0.200. The summed E-state index contributed by atoms with van der Waals surface area (Å²) in [6.45, 7) is 6.92. The van der Waals surface area contributed by atoms with Crippen LogP contribution >= 0.6 is 23.2 Å². The van der Waals surface area contributed by atoms with Crippen LogP contribution in [0.1, 0.15) is 37.5 Å². The van der Waals surface area contributed by atoms with Gasteiger partial charge in [-0.1, -0.05) is 95.5 Å². The molecule has 0 aliphatic heterocycles. The van der Waals surface area contributed by atoms with E-state index in [1.807, 2.05) is 58.0 Å². The zero-order valence-corrected chi connectivity index (χ0v) is 28.0. The molecule has 10 heteroatoms. The highest BCUT2D eigenvalue weighted by atomic mass is 35.5. The Labute approximate surface area is 275 Å². The van der Waals surface area contributed by atoms with Gasteiger partial charge in [-0.25, -0.2) is 8.42 Å². The number of nitrogens with zero attached hydrogens (tertiary/aromatic N) is 2. The molecular formula is C35H37Cl2N3O4S. The first-order chi connectivity index (χ1) is 21.2. The number of carbonyl (C=O) groups excluding carboxylic acids is 2. The average Bonchev–Trinajstić information content (AvgIpc) is 3.00. The predicted octanol–water partition coefficient (Wildman–Crippen LogP) is 7.05. The molecule has 0 unspecified atom stereocenters. The molecule has 0 aliphatic carbocycles. The van der Waals surface area contributed by atoms with Gasteiger partial charge < -0.3 is 10.2 Å². The van der Waals surface area contributed by atoms with E-state index in [9.17, 15) is 18.0 Å². The van der Waals surface area contributed by atoms with Crippen molar-refractivity contribution in [1.82, 2.24) is 10.2 Å². The molecule has 1 atom stereocenters. The quantitative estimate of drug-likeness (QED) is 0.186. The lowest BCUT2D eigenvalue weighted by molar-refractivity contribution is -0.140. The van der Waals surface area contributed by atoms with Gasteiger partial charge in [0.05, 0.1) is 20.6 Å². The van der Waals surface area contributed by atoms with E-state index in [0.29, 0.717) is 21.3 Å². The highest BCUT2D eigenvalue weighted by molar-refractivity contribution is 7.92. The van der Waals surface area contributed by atoms with Gasteiger partial charge >= 0.3 is 0 Å². The number of sulfonamides is 1. The first-order valence-electron chi connectivity index (χ1n) is 14.5. The third-order valence-corrected chi connectivity index (χ3v) is 9.57. The van der Waals surface area contributed by atoms with Crippen LogP contribution in [0.25, 0.3) is 0 Å². The molecule has 45 heavy (non-hydrogen) atoms. The van der Waals surface area contributed by atoms with Gasteiger partial charge in [-0.15, -0.1) is 0 Å². The van der Waals surface area contributed by atoms with E-state index < -0.39 is 34.1 Å². The van der Waals surface area contributed by atoms with Crippen molar-refractivity contribution in [3.8, 4) is 0 Å². The normalized spacial score (nSPS) is 12.3. The van der Waals surface area contributed by atoms with Crippen LogP contribution < -0.4 is 9.62 Å². The van der Waals surface area contributed by atoms with Crippen LogP contribution in [0.5, 0.6) is 0 Å². The smallest absolute Gasteiger partial charge is 0.264 e. The maximum Gasteiger partial charge on any atom is 0.264 e. The number of hydrogen-bond donors (Lipinski definition) is 1. The molecule has 0 bridgehead atoms. The Kier molecular flexibility index (Phi) is 11.0. The highest BCUT2D eigenvalue weighted by Crippen LogP contribution is 2.27. The Balaban J connectivity index is 1.82. The van der Waals surface area contributed by atoms with E-state index in [1.54, 1.807) is 60.7 Å². The Bertz CT molecular complexity index is 1730. The van der Waals surface area contributed by atoms with Crippen LogP contribution in [0.2, 0.25) is 10.0 Å². The van der Waals surface area contributed by atoms with E-state index in [-0.39, 0.29) is 23.8 Å². The Morgan fingerprint density at radius 3 is 1.98 bits per heavy atom. The molecule has 0 spiro atoms. The summed E-state index contributed by atoms with van der Waals surface area (Å²) in [5.41, 5.74) is 2.14. The summed E-state index contributed by atoms with van der Waals surface area (Å²) in [4.78, 5) is 29.9. The number of benzene rings is 4. The molecule has 4 aromatic rings. The molecular weight excluding hydrogens is 629 g/mol. The van der Waals surface area contributed by atoms with Gasteiger partial charge in [0.25, 0.3) is 10.0 Å². The number of halogens is 2. The van der Waals surface area contributed by atoms with Gasteiger partial charge in [0.1, 0.15) is 12.6 Å². The van der Waals surface area contributed by atoms with Crippen molar-refractivity contribution in [1.29, 1.82) is 0 Å². The number of anilines is 1. The summed E-state index contributed by atoms with van der Waals surface area (Å²) in [7, 11) is -4.17. The number of hydrogen-bond acceptors (Lipinski definition) is 4. The SMILES string of the molecule is Cc1ccc(N(CC(=O)N(Cc2ccc(Cl)c(Cl)c2)[C@@H](Cc2ccccc2)C(=O)NC(C)(C)C)S(=O)(=O)c2ccccc2)cc1. The fraction of sp³-hybridized carbons (Fsp3) is 0.257. The van der Waals surface area contributed by atoms with E-state index in [2.05, 4.69) is 5.32 Å². The lowest BCUT2D eigenvalue weighted by atomic mass is 10.0. The fourth-order valence-electron chi connectivity index (χ4n) is 4.80. The molecule has 0 radical (unpaired) electrons. The Hall–Kier alpha value is -3.85. The summed E-state index contributed by atoms with van der Waals surface area (Å²) < 4.78 is 29.2. The predicted molar refractivity (Wildman–Crippen MR) is 181 cm³/mol. The van der Waals surface area contributed by atoms with Crippen LogP contribution in [0.15, 0.2) is 108 Å². The number of rotatable bonds is 11. The van der Waals surface area contributed by atoms with Crippen LogP contribution in [0.4, 0.5) is 5.69 Å². The molecule has 4 rings (SSSR count). The molecule has 2 amide bonds. The summed E-state index contributed by atoms with van der Waals surface area (Å²) >= 11 is 12.5. The van der Waals surface area contributed by atoms with Gasteiger partial charge in [0.2, 0.25) is 11.8 Å². The van der Waals surface area contributed by atoms with Gasteiger partial charge in [-0.2, -0.15) is 0 Å². The molecule has 1 N–H and O–H groups in total. The third-order valence-electron chi connectivity index (χ3n) is 7.04. The third kappa shape index (κ3) is 9.10. The molecule has 4 aromatic carbocycles. The molecule has 0 heterocycles. The standard InChI is InChI=1S/C35H37Cl2N3O4S/c1-25-15-18-28(19-16-25)40(45(43,44)29-13-9-6-10-14-29)24-33(41)39(23-27-17-20-30(36)31(37)21-27)32(34(42)38-35(2,3)4)22-26-11-7-5-8-12-26/h5-21,32H,22-24H2,1-4H3,(H,38,42)/t32-/m0/s1. The van der Waals surface area contributed by atoms with E-state index >= 15 is 0 Å². The van der Waals surface area contributed by atoms with Crippen molar-refractivity contribution in [3.05, 3.63) is 130 Å². The lowest BCUT2D eigenvalue weighted by Crippen LogP contribution is -2.56. The summed E-state index contributed by atoms with van der Waals surface area (Å²) in [5, 5.41) is 3.67. The number of nitrogens with one attached hydrogen (secondary N) is 1. The van der Waals surface area contributed by atoms with E-state index in [4.69, 9.17) is 23.2 Å². The molecule has 0 fully saturated rings. The Morgan fingerprint density at radius 2 is 1.40 bits per heavy atom. The molecule has 0 saturated heterocycles. The lowest BCUT2D eigenvalue weighted by Gasteiger charge is -2.35. The topological polar surface area (TPSA) is 86.8 Å². The van der Waals surface area contributed by atoms with Crippen molar-refractivity contribution in [2.24, 2.45) is 0 Å². The van der Waals surface area contributed by atoms with Gasteiger partial charge in [0.15, 0.2) is 0 Å². The first-order valence-corrected chi connectivity index (χ1v) is 16.7. The fourth-order valence-corrected chi connectivity index (χ4v) is 6.56. The molecule has 0 saturated carbocycles. The number of carbonyl (C=O) groups is 2. The summed E-state index contributed by atoms with van der Waals surface area (Å²) in [6, 6.07) is 28.3.